The minimum Gasteiger partial charge on any atom is -0.342 e. The number of aromatic nitrogens is 4. The van der Waals surface area contributed by atoms with E-state index in [-0.39, 0.29) is 11.2 Å². The largest absolute Gasteiger partial charge is 0.342 e. The predicted octanol–water partition coefficient (Wildman–Crippen LogP) is 3.44. The highest BCUT2D eigenvalue weighted by Gasteiger charge is 2.27. The first kappa shape index (κ1) is 18.4. The van der Waals surface area contributed by atoms with Crippen LogP contribution in [0, 0.1) is 13.8 Å². The molecular formula is C19H23N5OS. The molecule has 0 aliphatic carbocycles. The summed E-state index contributed by atoms with van der Waals surface area (Å²) in [6.07, 6.45) is 0. The van der Waals surface area contributed by atoms with Crippen LogP contribution in [-0.2, 0) is 4.79 Å². The maximum Gasteiger partial charge on any atom is 0.253 e. The van der Waals surface area contributed by atoms with Crippen LogP contribution in [0.4, 0.5) is 0 Å². The number of hydrogen-bond donors (Lipinski definition) is 0. The van der Waals surface area contributed by atoms with Gasteiger partial charge in [0.05, 0.1) is 0 Å². The van der Waals surface area contributed by atoms with Crippen molar-refractivity contribution in [2.24, 2.45) is 0 Å². The molecule has 2 heterocycles. The average molecular weight is 369 g/mol. The Balaban J connectivity index is 1.98. The third-order valence-electron chi connectivity index (χ3n) is 4.22. The SMILES string of the molecule is CCN(CC)C(=O)[C@@H](Sc1nc2nc(C)cc(C)n2n1)c1ccccc1. The molecule has 2 aromatic heterocycles. The first-order valence-corrected chi connectivity index (χ1v) is 9.62. The Morgan fingerprint density at radius 3 is 2.50 bits per heavy atom. The smallest absolute Gasteiger partial charge is 0.253 e. The molecule has 7 heteroatoms. The van der Waals surface area contributed by atoms with Crippen LogP contribution < -0.4 is 0 Å². The molecule has 0 saturated carbocycles. The van der Waals surface area contributed by atoms with Crippen LogP contribution in [0.15, 0.2) is 41.6 Å². The fraction of sp³-hybridized carbons (Fsp3) is 0.368. The summed E-state index contributed by atoms with van der Waals surface area (Å²) in [7, 11) is 0. The molecule has 1 amide bonds. The van der Waals surface area contributed by atoms with Crippen molar-refractivity contribution < 1.29 is 4.79 Å². The molecule has 26 heavy (non-hydrogen) atoms. The minimum atomic E-state index is -0.380. The van der Waals surface area contributed by atoms with Gasteiger partial charge in [0.1, 0.15) is 5.25 Å². The highest BCUT2D eigenvalue weighted by molar-refractivity contribution is 8.00. The number of nitrogens with zero attached hydrogens (tertiary/aromatic N) is 5. The molecule has 0 radical (unpaired) electrons. The fourth-order valence-electron chi connectivity index (χ4n) is 2.89. The summed E-state index contributed by atoms with van der Waals surface area (Å²) < 4.78 is 1.72. The predicted molar refractivity (Wildman–Crippen MR) is 103 cm³/mol. The Bertz CT molecular complexity index is 905. The van der Waals surface area contributed by atoms with Gasteiger partial charge in [-0.3, -0.25) is 4.79 Å². The normalized spacial score (nSPS) is 12.3. The molecule has 0 unspecified atom stereocenters. The molecule has 6 nitrogen and oxygen atoms in total. The van der Waals surface area contributed by atoms with Crippen molar-refractivity contribution in [2.75, 3.05) is 13.1 Å². The summed E-state index contributed by atoms with van der Waals surface area (Å²) in [5.74, 6) is 0.637. The number of amides is 1. The Morgan fingerprint density at radius 2 is 1.85 bits per heavy atom. The van der Waals surface area contributed by atoms with Crippen molar-refractivity contribution in [2.45, 2.75) is 38.1 Å². The van der Waals surface area contributed by atoms with E-state index < -0.39 is 0 Å². The minimum absolute atomic E-state index is 0.0749. The number of rotatable bonds is 6. The molecule has 0 saturated heterocycles. The van der Waals surface area contributed by atoms with Gasteiger partial charge >= 0.3 is 0 Å². The molecule has 136 valence electrons. The molecule has 1 aromatic carbocycles. The summed E-state index contributed by atoms with van der Waals surface area (Å²) in [5.41, 5.74) is 2.82. The molecule has 0 fully saturated rings. The van der Waals surface area contributed by atoms with E-state index in [4.69, 9.17) is 0 Å². The lowest BCUT2D eigenvalue weighted by Gasteiger charge is -2.24. The Labute approximate surface area is 157 Å². The van der Waals surface area contributed by atoms with Gasteiger partial charge < -0.3 is 4.90 Å². The number of likely N-dealkylation sites (N-methyl/N-ethyl adjacent to an activating group) is 1. The third kappa shape index (κ3) is 3.72. The highest BCUT2D eigenvalue weighted by Crippen LogP contribution is 2.35. The van der Waals surface area contributed by atoms with Gasteiger partial charge in [0.25, 0.3) is 5.78 Å². The Morgan fingerprint density at radius 1 is 1.15 bits per heavy atom. The fourth-order valence-corrected chi connectivity index (χ4v) is 3.91. The van der Waals surface area contributed by atoms with Crippen molar-refractivity contribution in [3.05, 3.63) is 53.3 Å². The average Bonchev–Trinajstić information content (AvgIpc) is 3.04. The van der Waals surface area contributed by atoms with Crippen molar-refractivity contribution in [3.63, 3.8) is 0 Å². The topological polar surface area (TPSA) is 63.4 Å². The number of carbonyl (C=O) groups excluding carboxylic acids is 1. The lowest BCUT2D eigenvalue weighted by atomic mass is 10.1. The van der Waals surface area contributed by atoms with Crippen LogP contribution in [0.3, 0.4) is 0 Å². The van der Waals surface area contributed by atoms with Gasteiger partial charge in [0.15, 0.2) is 0 Å². The summed E-state index contributed by atoms with van der Waals surface area (Å²) in [4.78, 5) is 23.9. The lowest BCUT2D eigenvalue weighted by Crippen LogP contribution is -2.33. The number of hydrogen-bond acceptors (Lipinski definition) is 5. The molecular weight excluding hydrogens is 346 g/mol. The van der Waals surface area contributed by atoms with Gasteiger partial charge in [0, 0.05) is 24.5 Å². The zero-order chi connectivity index (χ0) is 18.7. The van der Waals surface area contributed by atoms with Gasteiger partial charge in [-0.25, -0.2) is 9.50 Å². The third-order valence-corrected chi connectivity index (χ3v) is 5.32. The zero-order valence-electron chi connectivity index (χ0n) is 15.5. The molecule has 3 aromatic rings. The van der Waals surface area contributed by atoms with Crippen molar-refractivity contribution in [3.8, 4) is 0 Å². The van der Waals surface area contributed by atoms with Gasteiger partial charge in [-0.2, -0.15) is 4.98 Å². The number of benzene rings is 1. The molecule has 3 rings (SSSR count). The van der Waals surface area contributed by atoms with E-state index in [0.717, 1.165) is 17.0 Å². The zero-order valence-corrected chi connectivity index (χ0v) is 16.3. The van der Waals surface area contributed by atoms with Gasteiger partial charge in [-0.1, -0.05) is 42.1 Å². The molecule has 0 bridgehead atoms. The van der Waals surface area contributed by atoms with E-state index >= 15 is 0 Å². The van der Waals surface area contributed by atoms with Gasteiger partial charge in [-0.05, 0) is 39.3 Å². The quantitative estimate of drug-likeness (QED) is 0.623. The molecule has 0 aliphatic rings. The second-order valence-electron chi connectivity index (χ2n) is 6.06. The van der Waals surface area contributed by atoms with Gasteiger partial charge in [0.2, 0.25) is 11.1 Å². The van der Waals surface area contributed by atoms with Crippen LogP contribution in [-0.4, -0.2) is 43.5 Å². The van der Waals surface area contributed by atoms with E-state index in [1.165, 1.54) is 11.8 Å². The summed E-state index contributed by atoms with van der Waals surface area (Å²) in [6, 6.07) is 11.8. The Kier molecular flexibility index (Phi) is 5.56. The second kappa shape index (κ2) is 7.86. The maximum atomic E-state index is 13.1. The Hall–Kier alpha value is -2.41. The molecule has 1 atom stereocenters. The summed E-state index contributed by atoms with van der Waals surface area (Å²) in [5, 5.41) is 4.72. The number of fused-ring (bicyclic) bond motifs is 1. The van der Waals surface area contributed by atoms with Crippen LogP contribution in [0.1, 0.15) is 36.0 Å². The lowest BCUT2D eigenvalue weighted by molar-refractivity contribution is -0.130. The van der Waals surface area contributed by atoms with Crippen LogP contribution in [0.25, 0.3) is 5.78 Å². The van der Waals surface area contributed by atoms with Crippen LogP contribution in [0.2, 0.25) is 0 Å². The first-order valence-electron chi connectivity index (χ1n) is 8.74. The van der Waals surface area contributed by atoms with Crippen molar-refractivity contribution in [1.82, 2.24) is 24.5 Å². The number of aryl methyl sites for hydroxylation is 2. The second-order valence-corrected chi connectivity index (χ2v) is 7.14. The van der Waals surface area contributed by atoms with E-state index in [2.05, 4.69) is 15.1 Å². The van der Waals surface area contributed by atoms with E-state index in [9.17, 15) is 4.79 Å². The highest BCUT2D eigenvalue weighted by atomic mass is 32.2. The monoisotopic (exact) mass is 369 g/mol. The standard InChI is InChI=1S/C19H23N5OS/c1-5-23(6-2)17(25)16(15-10-8-7-9-11-15)26-19-21-18-20-13(3)12-14(4)24(18)22-19/h7-12,16H,5-6H2,1-4H3/t16-/m0/s1. The van der Waals surface area contributed by atoms with Gasteiger partial charge in [-0.15, -0.1) is 5.10 Å². The van der Waals surface area contributed by atoms with Crippen LogP contribution >= 0.6 is 11.8 Å². The van der Waals surface area contributed by atoms with Crippen molar-refractivity contribution >= 4 is 23.4 Å². The molecule has 0 aliphatic heterocycles. The first-order chi connectivity index (χ1) is 12.5. The number of thioether (sulfide) groups is 1. The van der Waals surface area contributed by atoms with Crippen LogP contribution in [0.5, 0.6) is 0 Å². The van der Waals surface area contributed by atoms with E-state index in [1.54, 1.807) is 4.52 Å². The summed E-state index contributed by atoms with van der Waals surface area (Å²) in [6.45, 7) is 9.25. The van der Waals surface area contributed by atoms with E-state index in [0.29, 0.717) is 24.0 Å². The summed E-state index contributed by atoms with van der Waals surface area (Å²) >= 11 is 1.38. The van der Waals surface area contributed by atoms with Crippen molar-refractivity contribution in [1.29, 1.82) is 0 Å². The van der Waals surface area contributed by atoms with E-state index in [1.807, 2.05) is 69.0 Å². The molecule has 0 spiro atoms. The number of carbonyl (C=O) groups is 1. The molecule has 0 N–H and O–H groups in total. The maximum absolute atomic E-state index is 13.1.